The molecule has 2 heteroatoms. The maximum atomic E-state index is 6.32. The molecule has 1 atom stereocenters. The van der Waals surface area contributed by atoms with Crippen molar-refractivity contribution in [2.75, 3.05) is 7.11 Å². The summed E-state index contributed by atoms with van der Waals surface area (Å²) in [5.74, 6) is 0.902. The number of nitrogens with two attached hydrogens (primary N) is 1. The molecule has 0 bridgehead atoms. The van der Waals surface area contributed by atoms with Crippen LogP contribution in [0.15, 0.2) is 42.5 Å². The van der Waals surface area contributed by atoms with Gasteiger partial charge in [-0.2, -0.15) is 0 Å². The molecule has 2 N–H and O–H groups in total. The van der Waals surface area contributed by atoms with Crippen LogP contribution in [-0.2, 0) is 12.8 Å². The first-order valence-corrected chi connectivity index (χ1v) is 7.12. The van der Waals surface area contributed by atoms with Crippen molar-refractivity contribution in [1.29, 1.82) is 0 Å². The molecule has 2 rings (SSSR count). The summed E-state index contributed by atoms with van der Waals surface area (Å²) in [5.41, 5.74) is 11.2. The van der Waals surface area contributed by atoms with Crippen LogP contribution < -0.4 is 10.5 Å². The molecule has 106 valence electrons. The first-order valence-electron chi connectivity index (χ1n) is 7.12. The van der Waals surface area contributed by atoms with Gasteiger partial charge in [0.15, 0.2) is 0 Å². The molecule has 2 nitrogen and oxygen atoms in total. The van der Waals surface area contributed by atoms with E-state index in [0.29, 0.717) is 0 Å². The van der Waals surface area contributed by atoms with Gasteiger partial charge in [-0.25, -0.2) is 0 Å². The summed E-state index contributed by atoms with van der Waals surface area (Å²) in [7, 11) is 1.70. The van der Waals surface area contributed by atoms with Crippen molar-refractivity contribution in [3.8, 4) is 5.75 Å². The van der Waals surface area contributed by atoms with Gasteiger partial charge in [0.2, 0.25) is 0 Å². The number of hydrogen-bond donors (Lipinski definition) is 1. The zero-order chi connectivity index (χ0) is 14.5. The molecule has 2 aromatic rings. The molecular weight excluding hydrogens is 246 g/mol. The summed E-state index contributed by atoms with van der Waals surface area (Å²) in [6.07, 6.45) is 1.91. The van der Waals surface area contributed by atoms with Crippen molar-refractivity contribution in [3.05, 3.63) is 64.7 Å². The highest BCUT2D eigenvalue weighted by Crippen LogP contribution is 2.24. The molecule has 0 spiro atoms. The van der Waals surface area contributed by atoms with Gasteiger partial charge in [0, 0.05) is 6.04 Å². The Morgan fingerprint density at radius 2 is 1.70 bits per heavy atom. The van der Waals surface area contributed by atoms with E-state index in [2.05, 4.69) is 43.3 Å². The average Bonchev–Trinajstić information content (AvgIpc) is 2.48. The van der Waals surface area contributed by atoms with Crippen LogP contribution in [0.4, 0.5) is 0 Å². The molecule has 0 aromatic heterocycles. The highest BCUT2D eigenvalue weighted by molar-refractivity contribution is 5.38. The normalized spacial score (nSPS) is 12.2. The predicted molar refractivity (Wildman–Crippen MR) is 84.2 cm³/mol. The van der Waals surface area contributed by atoms with E-state index in [1.807, 2.05) is 13.0 Å². The number of hydrogen-bond acceptors (Lipinski definition) is 2. The van der Waals surface area contributed by atoms with Crippen LogP contribution in [0.5, 0.6) is 5.75 Å². The Hall–Kier alpha value is -1.80. The summed E-state index contributed by atoms with van der Waals surface area (Å²) in [6, 6.07) is 14.9. The largest absolute Gasteiger partial charge is 0.496 e. The fraction of sp³-hybridized carbons (Fsp3) is 0.333. The lowest BCUT2D eigenvalue weighted by Crippen LogP contribution is -2.13. The first kappa shape index (κ1) is 14.6. The Morgan fingerprint density at radius 1 is 1.05 bits per heavy atom. The topological polar surface area (TPSA) is 35.2 Å². The van der Waals surface area contributed by atoms with Gasteiger partial charge in [-0.05, 0) is 48.1 Å². The Kier molecular flexibility index (Phi) is 4.80. The minimum Gasteiger partial charge on any atom is -0.496 e. The van der Waals surface area contributed by atoms with Crippen molar-refractivity contribution in [3.63, 3.8) is 0 Å². The smallest absolute Gasteiger partial charge is 0.122 e. The zero-order valence-corrected chi connectivity index (χ0v) is 12.5. The number of aryl methyl sites for hydroxylation is 2. The van der Waals surface area contributed by atoms with Gasteiger partial charge in [0.05, 0.1) is 7.11 Å². The van der Waals surface area contributed by atoms with Crippen molar-refractivity contribution >= 4 is 0 Å². The first-order chi connectivity index (χ1) is 9.63. The Balaban J connectivity index is 2.12. The summed E-state index contributed by atoms with van der Waals surface area (Å²) in [4.78, 5) is 0. The van der Waals surface area contributed by atoms with Crippen LogP contribution in [0.3, 0.4) is 0 Å². The van der Waals surface area contributed by atoms with Crippen LogP contribution in [-0.4, -0.2) is 7.11 Å². The van der Waals surface area contributed by atoms with Crippen LogP contribution >= 0.6 is 0 Å². The minimum atomic E-state index is -0.00280. The second-order valence-corrected chi connectivity index (χ2v) is 5.21. The lowest BCUT2D eigenvalue weighted by atomic mass is 9.97. The lowest BCUT2D eigenvalue weighted by Gasteiger charge is -2.15. The third kappa shape index (κ3) is 3.40. The third-order valence-corrected chi connectivity index (χ3v) is 3.75. The van der Waals surface area contributed by atoms with Gasteiger partial charge < -0.3 is 10.5 Å². The van der Waals surface area contributed by atoms with Crippen LogP contribution in [0.2, 0.25) is 0 Å². The molecule has 0 saturated heterocycles. The van der Waals surface area contributed by atoms with Crippen LogP contribution in [0.25, 0.3) is 0 Å². The van der Waals surface area contributed by atoms with E-state index in [1.54, 1.807) is 7.11 Å². The van der Waals surface area contributed by atoms with Gasteiger partial charge in [-0.1, -0.05) is 43.3 Å². The van der Waals surface area contributed by atoms with Gasteiger partial charge in [-0.3, -0.25) is 0 Å². The lowest BCUT2D eigenvalue weighted by molar-refractivity contribution is 0.410. The van der Waals surface area contributed by atoms with Crippen LogP contribution in [0.1, 0.15) is 35.2 Å². The molecule has 0 fully saturated rings. The molecule has 2 aromatic carbocycles. The SMILES string of the molecule is CCc1ccc(CC(N)c2ccc(C)c(OC)c2)cc1. The van der Waals surface area contributed by atoms with E-state index in [4.69, 9.17) is 10.5 Å². The standard InChI is InChI=1S/C18H23NO/c1-4-14-6-8-15(9-7-14)11-17(19)16-10-5-13(2)18(12-16)20-3/h5-10,12,17H,4,11,19H2,1-3H3. The average molecular weight is 269 g/mol. The Bertz CT molecular complexity index is 560. The molecular formula is C18H23NO. The molecule has 20 heavy (non-hydrogen) atoms. The zero-order valence-electron chi connectivity index (χ0n) is 12.5. The maximum absolute atomic E-state index is 6.32. The second-order valence-electron chi connectivity index (χ2n) is 5.21. The van der Waals surface area contributed by atoms with Gasteiger partial charge in [0.1, 0.15) is 5.75 Å². The number of methoxy groups -OCH3 is 1. The molecule has 1 unspecified atom stereocenters. The van der Waals surface area contributed by atoms with E-state index >= 15 is 0 Å². The maximum Gasteiger partial charge on any atom is 0.122 e. The number of benzene rings is 2. The second kappa shape index (κ2) is 6.58. The monoisotopic (exact) mass is 269 g/mol. The van der Waals surface area contributed by atoms with Gasteiger partial charge >= 0.3 is 0 Å². The van der Waals surface area contributed by atoms with Crippen molar-refractivity contribution in [1.82, 2.24) is 0 Å². The van der Waals surface area contributed by atoms with Crippen molar-refractivity contribution in [2.45, 2.75) is 32.7 Å². The molecule has 0 aliphatic heterocycles. The molecule has 0 aliphatic rings. The van der Waals surface area contributed by atoms with E-state index in [0.717, 1.165) is 29.7 Å². The molecule has 0 aliphatic carbocycles. The van der Waals surface area contributed by atoms with E-state index in [-0.39, 0.29) is 6.04 Å². The molecule has 0 heterocycles. The van der Waals surface area contributed by atoms with Gasteiger partial charge in [-0.15, -0.1) is 0 Å². The summed E-state index contributed by atoms with van der Waals surface area (Å²) >= 11 is 0. The Morgan fingerprint density at radius 3 is 2.30 bits per heavy atom. The third-order valence-electron chi connectivity index (χ3n) is 3.75. The number of rotatable bonds is 5. The Labute approximate surface area is 121 Å². The van der Waals surface area contributed by atoms with E-state index < -0.39 is 0 Å². The highest BCUT2D eigenvalue weighted by Gasteiger charge is 2.09. The van der Waals surface area contributed by atoms with Crippen molar-refractivity contribution < 1.29 is 4.74 Å². The van der Waals surface area contributed by atoms with Crippen molar-refractivity contribution in [2.24, 2.45) is 5.73 Å². The summed E-state index contributed by atoms with van der Waals surface area (Å²) in [5, 5.41) is 0. The fourth-order valence-corrected chi connectivity index (χ4v) is 2.35. The summed E-state index contributed by atoms with van der Waals surface area (Å²) < 4.78 is 5.36. The fourth-order valence-electron chi connectivity index (χ4n) is 2.35. The quantitative estimate of drug-likeness (QED) is 0.896. The number of ether oxygens (including phenoxy) is 1. The molecule has 0 radical (unpaired) electrons. The van der Waals surface area contributed by atoms with Gasteiger partial charge in [0.25, 0.3) is 0 Å². The molecule has 0 saturated carbocycles. The molecule has 0 amide bonds. The highest BCUT2D eigenvalue weighted by atomic mass is 16.5. The predicted octanol–water partition coefficient (Wildman–Crippen LogP) is 3.81. The van der Waals surface area contributed by atoms with E-state index in [1.165, 1.54) is 11.1 Å². The summed E-state index contributed by atoms with van der Waals surface area (Å²) in [6.45, 7) is 4.21. The van der Waals surface area contributed by atoms with Crippen LogP contribution in [0, 0.1) is 6.92 Å². The van der Waals surface area contributed by atoms with E-state index in [9.17, 15) is 0 Å². The minimum absolute atomic E-state index is 0.00280.